The quantitative estimate of drug-likeness (QED) is 0.799. The van der Waals surface area contributed by atoms with Gasteiger partial charge in [0.25, 0.3) is 0 Å². The number of amides is 1. The fourth-order valence-corrected chi connectivity index (χ4v) is 1.91. The minimum Gasteiger partial charge on any atom is -0.393 e. The maximum Gasteiger partial charge on any atom is 0.245 e. The number of anilines is 1. The fourth-order valence-electron chi connectivity index (χ4n) is 1.36. The number of nitrogens with two attached hydrogens (primary N) is 1. The molecule has 1 amide bonds. The van der Waals surface area contributed by atoms with E-state index in [-0.39, 0.29) is 0 Å². The van der Waals surface area contributed by atoms with Crippen LogP contribution in [0.1, 0.15) is 19.4 Å². The Morgan fingerprint density at radius 2 is 1.80 bits per heavy atom. The van der Waals surface area contributed by atoms with Crippen LogP contribution in [0.25, 0.3) is 0 Å². The molecule has 0 unspecified atom stereocenters. The number of hydrogen-bond acceptors (Lipinski definition) is 4. The summed E-state index contributed by atoms with van der Waals surface area (Å²) in [4.78, 5) is 12.4. The molecule has 0 saturated heterocycles. The monoisotopic (exact) mass is 314 g/mol. The van der Waals surface area contributed by atoms with Crippen LogP contribution in [0.5, 0.6) is 0 Å². The van der Waals surface area contributed by atoms with Gasteiger partial charge in [-0.2, -0.15) is 0 Å². The lowest BCUT2D eigenvalue weighted by Crippen LogP contribution is -2.43. The molecule has 0 aliphatic heterocycles. The molecular formula is C13H18N2O3S2. The number of rotatable bonds is 5. The fraction of sp³-hybridized carbons (Fsp3) is 0.385. The number of sulfone groups is 1. The Balaban J connectivity index is 2.84. The Morgan fingerprint density at radius 3 is 2.20 bits per heavy atom. The molecule has 0 atom stereocenters. The minimum absolute atomic E-state index is 0.389. The molecule has 0 saturated carbocycles. The zero-order valence-electron chi connectivity index (χ0n) is 11.6. The molecule has 1 rings (SSSR count). The van der Waals surface area contributed by atoms with Crippen molar-refractivity contribution in [2.75, 3.05) is 11.6 Å². The van der Waals surface area contributed by atoms with E-state index in [0.29, 0.717) is 17.1 Å². The largest absolute Gasteiger partial charge is 0.393 e. The molecule has 3 N–H and O–H groups in total. The number of thiocarbonyl (C=S) groups is 1. The second-order valence-electron chi connectivity index (χ2n) is 5.08. The molecule has 110 valence electrons. The first-order chi connectivity index (χ1) is 9.04. The van der Waals surface area contributed by atoms with Crippen molar-refractivity contribution in [3.8, 4) is 0 Å². The highest BCUT2D eigenvalue weighted by molar-refractivity contribution is 7.92. The Bertz CT molecular complexity index is 620. The summed E-state index contributed by atoms with van der Waals surface area (Å²) >= 11 is 4.81. The van der Waals surface area contributed by atoms with Crippen molar-refractivity contribution in [1.82, 2.24) is 0 Å². The number of nitrogens with one attached hydrogen (secondary N) is 1. The average Bonchev–Trinajstić information content (AvgIpc) is 2.29. The summed E-state index contributed by atoms with van der Waals surface area (Å²) in [5.74, 6) is -0.568. The average molecular weight is 314 g/mol. The molecule has 0 bridgehead atoms. The third-order valence-corrected chi connectivity index (χ3v) is 5.25. The van der Waals surface area contributed by atoms with Gasteiger partial charge in [0.15, 0.2) is 9.84 Å². The predicted molar refractivity (Wildman–Crippen MR) is 84.5 cm³/mol. The van der Waals surface area contributed by atoms with E-state index < -0.39 is 20.5 Å². The molecule has 0 aliphatic carbocycles. The van der Waals surface area contributed by atoms with Crippen molar-refractivity contribution >= 4 is 38.6 Å². The predicted octanol–water partition coefficient (Wildman–Crippen LogP) is 1.28. The molecule has 0 aliphatic rings. The van der Waals surface area contributed by atoms with Gasteiger partial charge in [0.05, 0.1) is 4.99 Å². The van der Waals surface area contributed by atoms with Crippen LogP contribution >= 0.6 is 12.2 Å². The standard InChI is InChI=1S/C13H18N2O3S2/c1-13(2,20(3,17)18)12(16)15-10-6-4-9(5-7-10)8-11(14)19/h4-7H,8H2,1-3H3,(H2,14,19)(H,15,16). The maximum absolute atomic E-state index is 12.0. The SMILES string of the molecule is CC(C)(C(=O)Nc1ccc(CC(N)=S)cc1)S(C)(=O)=O. The summed E-state index contributed by atoms with van der Waals surface area (Å²) in [6.45, 7) is 2.75. The molecule has 0 fully saturated rings. The summed E-state index contributed by atoms with van der Waals surface area (Å²) in [5, 5.41) is 2.59. The van der Waals surface area contributed by atoms with Gasteiger partial charge in [0, 0.05) is 18.4 Å². The smallest absolute Gasteiger partial charge is 0.245 e. The van der Waals surface area contributed by atoms with E-state index in [1.165, 1.54) is 13.8 Å². The van der Waals surface area contributed by atoms with Crippen molar-refractivity contribution in [2.24, 2.45) is 5.73 Å². The van der Waals surface area contributed by atoms with E-state index in [4.69, 9.17) is 18.0 Å². The Labute approximate surface area is 124 Å². The summed E-state index contributed by atoms with van der Waals surface area (Å²) in [6, 6.07) is 6.93. The van der Waals surface area contributed by atoms with E-state index in [1.54, 1.807) is 24.3 Å². The van der Waals surface area contributed by atoms with Crippen LogP contribution < -0.4 is 11.1 Å². The van der Waals surface area contributed by atoms with Gasteiger partial charge >= 0.3 is 0 Å². The summed E-state index contributed by atoms with van der Waals surface area (Å²) in [6.07, 6.45) is 1.52. The van der Waals surface area contributed by atoms with Crippen LogP contribution in [0.4, 0.5) is 5.69 Å². The molecule has 1 aromatic carbocycles. The highest BCUT2D eigenvalue weighted by Crippen LogP contribution is 2.19. The highest BCUT2D eigenvalue weighted by Gasteiger charge is 2.38. The Morgan fingerprint density at radius 1 is 1.30 bits per heavy atom. The lowest BCUT2D eigenvalue weighted by molar-refractivity contribution is -0.117. The first-order valence-electron chi connectivity index (χ1n) is 5.92. The molecule has 0 radical (unpaired) electrons. The van der Waals surface area contributed by atoms with E-state index in [1.807, 2.05) is 0 Å². The van der Waals surface area contributed by atoms with E-state index in [2.05, 4.69) is 5.32 Å². The van der Waals surface area contributed by atoms with Gasteiger partial charge in [-0.1, -0.05) is 24.4 Å². The van der Waals surface area contributed by atoms with Crippen LogP contribution in [-0.2, 0) is 21.1 Å². The van der Waals surface area contributed by atoms with Gasteiger partial charge in [-0.15, -0.1) is 0 Å². The minimum atomic E-state index is -3.49. The third kappa shape index (κ3) is 4.01. The van der Waals surface area contributed by atoms with Crippen LogP contribution in [0.3, 0.4) is 0 Å². The Hall–Kier alpha value is -1.47. The van der Waals surface area contributed by atoms with Gasteiger partial charge in [-0.25, -0.2) is 8.42 Å². The number of carbonyl (C=O) groups excluding carboxylic acids is 1. The van der Waals surface area contributed by atoms with Gasteiger partial charge in [-0.05, 0) is 31.5 Å². The summed E-state index contributed by atoms with van der Waals surface area (Å²) in [7, 11) is -3.49. The number of benzene rings is 1. The van der Waals surface area contributed by atoms with Gasteiger partial charge < -0.3 is 11.1 Å². The second kappa shape index (κ2) is 5.88. The molecule has 0 spiro atoms. The third-order valence-electron chi connectivity index (χ3n) is 3.06. The highest BCUT2D eigenvalue weighted by atomic mass is 32.2. The van der Waals surface area contributed by atoms with Crippen LogP contribution in [0.2, 0.25) is 0 Å². The summed E-state index contributed by atoms with van der Waals surface area (Å²) in [5.41, 5.74) is 6.90. The van der Waals surface area contributed by atoms with Crippen molar-refractivity contribution in [1.29, 1.82) is 0 Å². The van der Waals surface area contributed by atoms with E-state index in [0.717, 1.165) is 11.8 Å². The molecule has 1 aromatic rings. The van der Waals surface area contributed by atoms with E-state index >= 15 is 0 Å². The van der Waals surface area contributed by atoms with Crippen molar-refractivity contribution in [3.05, 3.63) is 29.8 Å². The van der Waals surface area contributed by atoms with Crippen molar-refractivity contribution in [2.45, 2.75) is 25.0 Å². The molecule has 0 heterocycles. The molecule has 0 aromatic heterocycles. The van der Waals surface area contributed by atoms with Gasteiger partial charge in [0.1, 0.15) is 4.75 Å². The van der Waals surface area contributed by atoms with Crippen LogP contribution in [0, 0.1) is 0 Å². The number of carbonyl (C=O) groups is 1. The normalized spacial score (nSPS) is 11.9. The lowest BCUT2D eigenvalue weighted by atomic mass is 10.1. The first kappa shape index (κ1) is 16.6. The lowest BCUT2D eigenvalue weighted by Gasteiger charge is -2.21. The van der Waals surface area contributed by atoms with E-state index in [9.17, 15) is 13.2 Å². The molecule has 7 heteroatoms. The van der Waals surface area contributed by atoms with Gasteiger partial charge in [-0.3, -0.25) is 4.79 Å². The van der Waals surface area contributed by atoms with Crippen LogP contribution in [0.15, 0.2) is 24.3 Å². The second-order valence-corrected chi connectivity index (χ2v) is 8.17. The van der Waals surface area contributed by atoms with Gasteiger partial charge in [0.2, 0.25) is 5.91 Å². The first-order valence-corrected chi connectivity index (χ1v) is 8.22. The molecule has 5 nitrogen and oxygen atoms in total. The van der Waals surface area contributed by atoms with Crippen molar-refractivity contribution in [3.63, 3.8) is 0 Å². The zero-order valence-corrected chi connectivity index (χ0v) is 13.3. The molecular weight excluding hydrogens is 296 g/mol. The number of hydrogen-bond donors (Lipinski definition) is 2. The summed E-state index contributed by atoms with van der Waals surface area (Å²) < 4.78 is 21.7. The molecule has 20 heavy (non-hydrogen) atoms. The van der Waals surface area contributed by atoms with Crippen LogP contribution in [-0.4, -0.2) is 30.3 Å². The van der Waals surface area contributed by atoms with Crippen molar-refractivity contribution < 1.29 is 13.2 Å². The maximum atomic E-state index is 12.0. The zero-order chi connectivity index (χ0) is 15.6. The Kier molecular flexibility index (Phi) is 4.88. The topological polar surface area (TPSA) is 89.3 Å².